The summed E-state index contributed by atoms with van der Waals surface area (Å²) in [5.74, 6) is 0.0774. The van der Waals surface area contributed by atoms with Gasteiger partial charge in [0.25, 0.3) is 0 Å². The fourth-order valence-corrected chi connectivity index (χ4v) is 3.38. The highest BCUT2D eigenvalue weighted by molar-refractivity contribution is 6.25. The summed E-state index contributed by atoms with van der Waals surface area (Å²) in [6, 6.07) is 24.7. The van der Waals surface area contributed by atoms with Gasteiger partial charge in [-0.25, -0.2) is 5.01 Å². The van der Waals surface area contributed by atoms with Crippen LogP contribution in [0.2, 0.25) is 0 Å². The number of rotatable bonds is 3. The summed E-state index contributed by atoms with van der Waals surface area (Å²) in [6.07, 6.45) is 0. The third-order valence-electron chi connectivity index (χ3n) is 4.93. The first-order valence-corrected chi connectivity index (χ1v) is 8.61. The minimum atomic E-state index is -0.0957. The van der Waals surface area contributed by atoms with Crippen LogP contribution in [0.4, 0.5) is 11.4 Å². The Bertz CT molecular complexity index is 948. The molecule has 124 valence electrons. The molecule has 4 rings (SSSR count). The fraction of sp³-hybridized carbons (Fsp3) is 0.182. The van der Waals surface area contributed by atoms with Crippen LogP contribution in [0.5, 0.6) is 0 Å². The van der Waals surface area contributed by atoms with E-state index in [1.54, 1.807) is 0 Å². The van der Waals surface area contributed by atoms with Crippen LogP contribution in [-0.2, 0) is 4.79 Å². The number of para-hydroxylation sites is 1. The van der Waals surface area contributed by atoms with E-state index in [0.717, 1.165) is 17.1 Å². The van der Waals surface area contributed by atoms with Gasteiger partial charge in [0.2, 0.25) is 0 Å². The number of Topliss-reactive ketones (excluding diaryl/α,β-unsaturated/α-hetero) is 1. The Morgan fingerprint density at radius 2 is 1.40 bits per heavy atom. The largest absolute Gasteiger partial charge is 0.298 e. The lowest BCUT2D eigenvalue weighted by atomic mass is 9.73. The second-order valence-corrected chi connectivity index (χ2v) is 6.55. The van der Waals surface area contributed by atoms with Gasteiger partial charge in [-0.1, -0.05) is 62.4 Å². The SMILES string of the molecule is CC1C(=O)C(C)C1=NN(c1ccccc1)c1ccc2ccccc2c1. The van der Waals surface area contributed by atoms with E-state index in [9.17, 15) is 4.79 Å². The number of hydrogen-bond donors (Lipinski definition) is 0. The molecule has 1 fully saturated rings. The van der Waals surface area contributed by atoms with Crippen molar-refractivity contribution in [2.75, 3.05) is 5.01 Å². The van der Waals surface area contributed by atoms with Gasteiger partial charge in [-0.05, 0) is 35.0 Å². The fourth-order valence-electron chi connectivity index (χ4n) is 3.38. The topological polar surface area (TPSA) is 32.7 Å². The van der Waals surface area contributed by atoms with E-state index >= 15 is 0 Å². The number of nitrogens with zero attached hydrogens (tertiary/aromatic N) is 2. The second kappa shape index (κ2) is 6.17. The van der Waals surface area contributed by atoms with E-state index in [-0.39, 0.29) is 17.6 Å². The smallest absolute Gasteiger partial charge is 0.149 e. The summed E-state index contributed by atoms with van der Waals surface area (Å²) in [5.41, 5.74) is 2.93. The molecule has 3 nitrogen and oxygen atoms in total. The first kappa shape index (κ1) is 15.6. The van der Waals surface area contributed by atoms with Crippen molar-refractivity contribution in [2.45, 2.75) is 13.8 Å². The number of ketones is 1. The number of hydrazone groups is 1. The third kappa shape index (κ3) is 2.72. The Hall–Kier alpha value is -2.94. The molecule has 0 saturated heterocycles. The lowest BCUT2D eigenvalue weighted by Crippen LogP contribution is -2.46. The van der Waals surface area contributed by atoms with E-state index in [0.29, 0.717) is 0 Å². The monoisotopic (exact) mass is 328 g/mol. The van der Waals surface area contributed by atoms with Gasteiger partial charge in [0.05, 0.1) is 28.9 Å². The van der Waals surface area contributed by atoms with Crippen molar-refractivity contribution in [3.8, 4) is 0 Å². The van der Waals surface area contributed by atoms with Crippen LogP contribution >= 0.6 is 0 Å². The number of benzene rings is 3. The Morgan fingerprint density at radius 3 is 2.12 bits per heavy atom. The van der Waals surface area contributed by atoms with E-state index in [2.05, 4.69) is 30.3 Å². The molecule has 3 heteroatoms. The predicted molar refractivity (Wildman–Crippen MR) is 103 cm³/mol. The zero-order chi connectivity index (χ0) is 17.4. The highest BCUT2D eigenvalue weighted by Gasteiger charge is 2.40. The quantitative estimate of drug-likeness (QED) is 0.620. The van der Waals surface area contributed by atoms with Crippen molar-refractivity contribution in [3.63, 3.8) is 0 Å². The van der Waals surface area contributed by atoms with Crippen molar-refractivity contribution in [2.24, 2.45) is 16.9 Å². The summed E-state index contributed by atoms with van der Waals surface area (Å²) < 4.78 is 0. The van der Waals surface area contributed by atoms with Gasteiger partial charge in [-0.3, -0.25) is 4.79 Å². The Labute approximate surface area is 147 Å². The van der Waals surface area contributed by atoms with Gasteiger partial charge >= 0.3 is 0 Å². The Kier molecular flexibility index (Phi) is 3.85. The second-order valence-electron chi connectivity index (χ2n) is 6.55. The van der Waals surface area contributed by atoms with Crippen molar-refractivity contribution in [1.82, 2.24) is 0 Å². The van der Waals surface area contributed by atoms with Crippen molar-refractivity contribution in [1.29, 1.82) is 0 Å². The molecular formula is C22H20N2O. The minimum Gasteiger partial charge on any atom is -0.298 e. The molecule has 3 aromatic carbocycles. The van der Waals surface area contributed by atoms with E-state index in [1.807, 2.05) is 61.3 Å². The molecule has 0 aromatic heterocycles. The van der Waals surface area contributed by atoms with Crippen LogP contribution in [-0.4, -0.2) is 11.5 Å². The van der Waals surface area contributed by atoms with Crippen LogP contribution in [0.15, 0.2) is 77.9 Å². The van der Waals surface area contributed by atoms with Crippen molar-refractivity contribution >= 4 is 33.6 Å². The van der Waals surface area contributed by atoms with Gasteiger partial charge in [0.15, 0.2) is 0 Å². The third-order valence-corrected chi connectivity index (χ3v) is 4.93. The molecule has 0 radical (unpaired) electrons. The molecule has 0 N–H and O–H groups in total. The lowest BCUT2D eigenvalue weighted by Gasteiger charge is -2.33. The number of carbonyl (C=O) groups is 1. The van der Waals surface area contributed by atoms with Gasteiger partial charge in [0.1, 0.15) is 5.78 Å². The molecule has 0 heterocycles. The minimum absolute atomic E-state index is 0.0957. The zero-order valence-corrected chi connectivity index (χ0v) is 14.4. The number of carbonyl (C=O) groups excluding carboxylic acids is 1. The highest BCUT2D eigenvalue weighted by Crippen LogP contribution is 2.33. The first-order chi connectivity index (χ1) is 12.1. The van der Waals surface area contributed by atoms with E-state index in [4.69, 9.17) is 5.10 Å². The maximum Gasteiger partial charge on any atom is 0.149 e. The van der Waals surface area contributed by atoms with Crippen molar-refractivity contribution < 1.29 is 4.79 Å². The zero-order valence-electron chi connectivity index (χ0n) is 14.4. The molecular weight excluding hydrogens is 308 g/mol. The van der Waals surface area contributed by atoms with Crippen LogP contribution in [0.25, 0.3) is 10.8 Å². The summed E-state index contributed by atoms with van der Waals surface area (Å²) in [4.78, 5) is 11.9. The molecule has 1 saturated carbocycles. The number of anilines is 2. The van der Waals surface area contributed by atoms with Gasteiger partial charge < -0.3 is 0 Å². The molecule has 25 heavy (non-hydrogen) atoms. The van der Waals surface area contributed by atoms with Gasteiger partial charge in [-0.2, -0.15) is 5.10 Å². The lowest BCUT2D eigenvalue weighted by molar-refractivity contribution is -0.125. The molecule has 1 aliphatic carbocycles. The summed E-state index contributed by atoms with van der Waals surface area (Å²) in [7, 11) is 0. The molecule has 2 unspecified atom stereocenters. The molecule has 0 spiro atoms. The Morgan fingerprint density at radius 1 is 0.760 bits per heavy atom. The van der Waals surface area contributed by atoms with E-state index in [1.165, 1.54) is 10.8 Å². The van der Waals surface area contributed by atoms with Gasteiger partial charge in [-0.15, -0.1) is 0 Å². The van der Waals surface area contributed by atoms with Crippen LogP contribution < -0.4 is 5.01 Å². The Balaban J connectivity index is 1.82. The molecule has 2 atom stereocenters. The molecule has 1 aliphatic rings. The summed E-state index contributed by atoms with van der Waals surface area (Å²) >= 11 is 0. The average Bonchev–Trinajstić information content (AvgIpc) is 2.68. The van der Waals surface area contributed by atoms with Crippen LogP contribution in [0.1, 0.15) is 13.8 Å². The van der Waals surface area contributed by atoms with Gasteiger partial charge in [0, 0.05) is 0 Å². The normalized spacial score (nSPS) is 19.6. The van der Waals surface area contributed by atoms with Crippen LogP contribution in [0, 0.1) is 11.8 Å². The predicted octanol–water partition coefficient (Wildman–Crippen LogP) is 5.19. The summed E-state index contributed by atoms with van der Waals surface area (Å²) in [5, 5.41) is 9.19. The maximum atomic E-state index is 11.9. The number of fused-ring (bicyclic) bond motifs is 1. The standard InChI is InChI=1S/C22H20N2O/c1-15-21(16(2)22(15)25)23-24(19-10-4-3-5-11-19)20-13-12-17-8-6-7-9-18(17)14-20/h3-16H,1-2H3. The molecule has 0 aliphatic heterocycles. The van der Waals surface area contributed by atoms with E-state index < -0.39 is 0 Å². The first-order valence-electron chi connectivity index (χ1n) is 8.61. The number of hydrogen-bond acceptors (Lipinski definition) is 3. The molecule has 0 bridgehead atoms. The average molecular weight is 328 g/mol. The molecule has 0 amide bonds. The molecule has 3 aromatic rings. The summed E-state index contributed by atoms with van der Waals surface area (Å²) in [6.45, 7) is 3.87. The van der Waals surface area contributed by atoms with Crippen molar-refractivity contribution in [3.05, 3.63) is 72.8 Å². The maximum absolute atomic E-state index is 11.9. The van der Waals surface area contributed by atoms with Crippen LogP contribution in [0.3, 0.4) is 0 Å². The highest BCUT2D eigenvalue weighted by atomic mass is 16.1.